The van der Waals surface area contributed by atoms with E-state index >= 15 is 0 Å². The van der Waals surface area contributed by atoms with Crippen molar-refractivity contribution in [3.05, 3.63) is 16.2 Å². The van der Waals surface area contributed by atoms with Crippen LogP contribution in [-0.4, -0.2) is 40.8 Å². The Morgan fingerprint density at radius 1 is 1.37 bits per heavy atom. The van der Waals surface area contributed by atoms with Gasteiger partial charge in [-0.15, -0.1) is 0 Å². The average molecular weight is 325 g/mol. The largest absolute Gasteiger partial charge is 0.383 e. The zero-order valence-electron chi connectivity index (χ0n) is 10.9. The number of nitrogens with one attached hydrogen (secondary N) is 1. The number of nitrogens with zero attached hydrogens (tertiary/aromatic N) is 4. The molecule has 102 valence electrons. The van der Waals surface area contributed by atoms with Crippen LogP contribution in [0.1, 0.15) is 12.0 Å². The second-order valence-electron chi connectivity index (χ2n) is 4.79. The van der Waals surface area contributed by atoms with E-state index in [4.69, 9.17) is 10.7 Å². The normalized spacial score (nSPS) is 16.8. The van der Waals surface area contributed by atoms with Gasteiger partial charge in [0.15, 0.2) is 5.65 Å². The first-order valence-corrected chi connectivity index (χ1v) is 7.23. The number of aromatic nitrogens is 3. The van der Waals surface area contributed by atoms with Crippen molar-refractivity contribution in [2.45, 2.75) is 13.3 Å². The fourth-order valence-electron chi connectivity index (χ4n) is 2.36. The van der Waals surface area contributed by atoms with E-state index in [2.05, 4.69) is 31.2 Å². The van der Waals surface area contributed by atoms with Crippen LogP contribution >= 0.6 is 15.9 Å². The van der Waals surface area contributed by atoms with Gasteiger partial charge in [0.2, 0.25) is 0 Å². The van der Waals surface area contributed by atoms with Gasteiger partial charge in [0, 0.05) is 25.2 Å². The van der Waals surface area contributed by atoms with Gasteiger partial charge in [-0.05, 0) is 35.8 Å². The van der Waals surface area contributed by atoms with Crippen LogP contribution < -0.4 is 16.0 Å². The number of hydrogen-bond acceptors (Lipinski definition) is 5. The van der Waals surface area contributed by atoms with E-state index in [9.17, 15) is 0 Å². The van der Waals surface area contributed by atoms with Gasteiger partial charge in [0.25, 0.3) is 0 Å². The lowest BCUT2D eigenvalue weighted by atomic mass is 10.3. The molecular weight excluding hydrogens is 308 g/mol. The minimum Gasteiger partial charge on any atom is -0.383 e. The van der Waals surface area contributed by atoms with E-state index in [1.807, 2.05) is 6.92 Å². The van der Waals surface area contributed by atoms with Crippen molar-refractivity contribution >= 4 is 33.2 Å². The van der Waals surface area contributed by atoms with Crippen LogP contribution in [-0.2, 0) is 0 Å². The van der Waals surface area contributed by atoms with Gasteiger partial charge in [0.05, 0.1) is 6.20 Å². The number of nitrogen functional groups attached to an aromatic ring is 1. The SMILES string of the molecule is Cc1cnn2c(N)c(Br)c(N3CCCNCC3)nc12. The summed E-state index contributed by atoms with van der Waals surface area (Å²) in [5.41, 5.74) is 8.01. The Hall–Kier alpha value is -1.34. The number of anilines is 2. The number of aryl methyl sites for hydroxylation is 1. The van der Waals surface area contributed by atoms with Crippen LogP contribution in [0.25, 0.3) is 5.65 Å². The predicted molar refractivity (Wildman–Crippen MR) is 79.5 cm³/mol. The van der Waals surface area contributed by atoms with Gasteiger partial charge >= 0.3 is 0 Å². The molecule has 0 atom stereocenters. The van der Waals surface area contributed by atoms with Crippen molar-refractivity contribution in [1.29, 1.82) is 0 Å². The first kappa shape index (κ1) is 12.7. The maximum atomic E-state index is 6.15. The molecule has 0 bridgehead atoms. The highest BCUT2D eigenvalue weighted by atomic mass is 79.9. The zero-order chi connectivity index (χ0) is 13.4. The van der Waals surface area contributed by atoms with E-state index < -0.39 is 0 Å². The van der Waals surface area contributed by atoms with Crippen LogP contribution in [0, 0.1) is 6.92 Å². The Bertz CT molecular complexity index is 600. The molecule has 0 aromatic carbocycles. The van der Waals surface area contributed by atoms with Gasteiger partial charge in [-0.3, -0.25) is 0 Å². The highest BCUT2D eigenvalue weighted by molar-refractivity contribution is 9.10. The van der Waals surface area contributed by atoms with Gasteiger partial charge in [-0.2, -0.15) is 9.61 Å². The Labute approximate surface area is 120 Å². The minimum atomic E-state index is 0.602. The number of rotatable bonds is 1. The highest BCUT2D eigenvalue weighted by Crippen LogP contribution is 2.31. The Morgan fingerprint density at radius 2 is 2.21 bits per heavy atom. The number of halogens is 1. The summed E-state index contributed by atoms with van der Waals surface area (Å²) >= 11 is 3.56. The summed E-state index contributed by atoms with van der Waals surface area (Å²) in [6.45, 7) is 5.95. The quantitative estimate of drug-likeness (QED) is 0.824. The second-order valence-corrected chi connectivity index (χ2v) is 5.58. The third-order valence-corrected chi connectivity index (χ3v) is 4.18. The van der Waals surface area contributed by atoms with E-state index in [0.717, 1.165) is 54.1 Å². The number of nitrogens with two attached hydrogens (primary N) is 1. The smallest absolute Gasteiger partial charge is 0.162 e. The fourth-order valence-corrected chi connectivity index (χ4v) is 2.87. The molecule has 2 aromatic rings. The lowest BCUT2D eigenvalue weighted by molar-refractivity contribution is 0.724. The van der Waals surface area contributed by atoms with Crippen molar-refractivity contribution in [2.75, 3.05) is 36.8 Å². The molecule has 0 aliphatic carbocycles. The maximum Gasteiger partial charge on any atom is 0.162 e. The molecule has 1 saturated heterocycles. The standard InChI is InChI=1S/C12H17BrN6/c1-8-7-16-19-10(14)9(13)12(17-11(8)19)18-5-2-3-15-4-6-18/h7,15H,2-6,14H2,1H3. The summed E-state index contributed by atoms with van der Waals surface area (Å²) < 4.78 is 2.50. The van der Waals surface area contributed by atoms with Crippen molar-refractivity contribution in [3.8, 4) is 0 Å². The minimum absolute atomic E-state index is 0.602. The first-order chi connectivity index (χ1) is 9.18. The van der Waals surface area contributed by atoms with E-state index in [-0.39, 0.29) is 0 Å². The molecule has 6 nitrogen and oxygen atoms in total. The lowest BCUT2D eigenvalue weighted by Crippen LogP contribution is -2.29. The number of hydrogen-bond donors (Lipinski definition) is 2. The number of fused-ring (bicyclic) bond motifs is 1. The van der Waals surface area contributed by atoms with Gasteiger partial charge in [0.1, 0.15) is 16.1 Å². The van der Waals surface area contributed by atoms with Crippen LogP contribution in [0.2, 0.25) is 0 Å². The van der Waals surface area contributed by atoms with Gasteiger partial charge in [-0.1, -0.05) is 0 Å². The molecule has 1 fully saturated rings. The van der Waals surface area contributed by atoms with Gasteiger partial charge < -0.3 is 16.0 Å². The molecule has 0 radical (unpaired) electrons. The third kappa shape index (κ3) is 2.17. The Kier molecular flexibility index (Phi) is 3.32. The molecule has 0 spiro atoms. The molecule has 0 amide bonds. The zero-order valence-corrected chi connectivity index (χ0v) is 12.4. The van der Waals surface area contributed by atoms with Crippen LogP contribution in [0.3, 0.4) is 0 Å². The molecule has 0 saturated carbocycles. The van der Waals surface area contributed by atoms with Crippen molar-refractivity contribution in [3.63, 3.8) is 0 Å². The molecule has 1 aliphatic rings. The molecule has 2 aromatic heterocycles. The summed E-state index contributed by atoms with van der Waals surface area (Å²) in [5.74, 6) is 1.52. The summed E-state index contributed by atoms with van der Waals surface area (Å²) in [4.78, 5) is 7.00. The van der Waals surface area contributed by atoms with E-state index in [1.54, 1.807) is 10.7 Å². The van der Waals surface area contributed by atoms with Crippen LogP contribution in [0.5, 0.6) is 0 Å². The van der Waals surface area contributed by atoms with Crippen LogP contribution in [0.4, 0.5) is 11.6 Å². The topological polar surface area (TPSA) is 71.5 Å². The summed E-state index contributed by atoms with van der Waals surface area (Å²) in [6.07, 6.45) is 2.90. The molecule has 0 unspecified atom stereocenters. The molecule has 1 aliphatic heterocycles. The third-order valence-electron chi connectivity index (χ3n) is 3.42. The molecule has 19 heavy (non-hydrogen) atoms. The fraction of sp³-hybridized carbons (Fsp3) is 0.500. The predicted octanol–water partition coefficient (Wildman–Crippen LogP) is 1.18. The van der Waals surface area contributed by atoms with Gasteiger partial charge in [-0.25, -0.2) is 4.98 Å². The molecule has 3 heterocycles. The molecule has 7 heteroatoms. The Morgan fingerprint density at radius 3 is 3.05 bits per heavy atom. The van der Waals surface area contributed by atoms with Crippen molar-refractivity contribution < 1.29 is 0 Å². The van der Waals surface area contributed by atoms with Crippen molar-refractivity contribution in [1.82, 2.24) is 19.9 Å². The van der Waals surface area contributed by atoms with Crippen LogP contribution in [0.15, 0.2) is 10.7 Å². The molecule has 3 rings (SSSR count). The van der Waals surface area contributed by atoms with E-state index in [0.29, 0.717) is 5.82 Å². The summed E-state index contributed by atoms with van der Waals surface area (Å²) in [5, 5.41) is 7.64. The van der Waals surface area contributed by atoms with E-state index in [1.165, 1.54) is 0 Å². The molecule has 3 N–H and O–H groups in total. The maximum absolute atomic E-state index is 6.15. The van der Waals surface area contributed by atoms with Crippen molar-refractivity contribution in [2.24, 2.45) is 0 Å². The second kappa shape index (κ2) is 4.97. The Balaban J connectivity index is 2.11. The monoisotopic (exact) mass is 324 g/mol. The summed E-state index contributed by atoms with van der Waals surface area (Å²) in [7, 11) is 0. The molecular formula is C12H17BrN6. The lowest BCUT2D eigenvalue weighted by Gasteiger charge is -2.23. The summed E-state index contributed by atoms with van der Waals surface area (Å²) in [6, 6.07) is 0. The first-order valence-electron chi connectivity index (χ1n) is 6.43. The average Bonchev–Trinajstić information content (AvgIpc) is 2.64. The highest BCUT2D eigenvalue weighted by Gasteiger charge is 2.19.